The Morgan fingerprint density at radius 1 is 1.29 bits per heavy atom. The van der Waals surface area contributed by atoms with Crippen LogP contribution in [0.25, 0.3) is 5.69 Å². The van der Waals surface area contributed by atoms with Gasteiger partial charge in [-0.25, -0.2) is 4.68 Å². The highest BCUT2D eigenvalue weighted by Crippen LogP contribution is 2.38. The lowest BCUT2D eigenvalue weighted by atomic mass is 10.2. The zero-order valence-corrected chi connectivity index (χ0v) is 13.9. The predicted molar refractivity (Wildman–Crippen MR) is 85.7 cm³/mol. The Kier molecular flexibility index (Phi) is 5.06. The van der Waals surface area contributed by atoms with Crippen molar-refractivity contribution in [1.82, 2.24) is 9.78 Å². The third-order valence-corrected chi connectivity index (χ3v) is 3.41. The lowest BCUT2D eigenvalue weighted by molar-refractivity contribution is -0.137. The monoisotopic (exact) mass is 375 g/mol. The fourth-order valence-corrected chi connectivity index (χ4v) is 2.45. The summed E-state index contributed by atoms with van der Waals surface area (Å²) in [5.41, 5.74) is 2.46. The quantitative estimate of drug-likeness (QED) is 0.614. The molecule has 0 fully saturated rings. The molecule has 1 heterocycles. The van der Waals surface area contributed by atoms with Crippen LogP contribution in [-0.4, -0.2) is 15.5 Å². The minimum Gasteiger partial charge on any atom is -0.260 e. The van der Waals surface area contributed by atoms with E-state index in [0.717, 1.165) is 16.8 Å². The molecule has 0 saturated carbocycles. The maximum atomic E-state index is 12.8. The third kappa shape index (κ3) is 3.63. The first-order valence-electron chi connectivity index (χ1n) is 6.46. The molecule has 1 N–H and O–H groups in total. The van der Waals surface area contributed by atoms with Crippen LogP contribution in [0.5, 0.6) is 0 Å². The van der Waals surface area contributed by atoms with Crippen LogP contribution in [-0.2, 0) is 6.18 Å². The van der Waals surface area contributed by atoms with E-state index >= 15 is 0 Å². The summed E-state index contributed by atoms with van der Waals surface area (Å²) in [6, 6.07) is 3.39. The Morgan fingerprint density at radius 3 is 2.33 bits per heavy atom. The zero-order valence-electron chi connectivity index (χ0n) is 12.4. The minimum atomic E-state index is -4.58. The smallest absolute Gasteiger partial charge is 0.260 e. The molecule has 0 spiro atoms. The second kappa shape index (κ2) is 6.71. The number of nitriles is 1. The van der Waals surface area contributed by atoms with E-state index in [-0.39, 0.29) is 27.1 Å². The Bertz CT molecular complexity index is 822. The SMILES string of the molecule is CC(C)=NNc1c(C#N)cnn1-c1c(Cl)cc(C(F)(F)F)cc1Cl. The third-order valence-electron chi connectivity index (χ3n) is 2.83. The molecule has 0 bridgehead atoms. The molecule has 0 aliphatic carbocycles. The van der Waals surface area contributed by atoms with Crippen LogP contribution in [0, 0.1) is 11.3 Å². The van der Waals surface area contributed by atoms with Crippen molar-refractivity contribution in [2.45, 2.75) is 20.0 Å². The number of anilines is 1. The number of rotatable bonds is 3. The number of hydrogen-bond donors (Lipinski definition) is 1. The molecule has 0 saturated heterocycles. The van der Waals surface area contributed by atoms with Crippen LogP contribution in [0.3, 0.4) is 0 Å². The Labute approximate surface area is 145 Å². The molecule has 0 unspecified atom stereocenters. The maximum Gasteiger partial charge on any atom is 0.416 e. The highest BCUT2D eigenvalue weighted by molar-refractivity contribution is 6.38. The molecule has 0 aliphatic rings. The van der Waals surface area contributed by atoms with Gasteiger partial charge < -0.3 is 0 Å². The topological polar surface area (TPSA) is 66.0 Å². The van der Waals surface area contributed by atoms with Crippen molar-refractivity contribution in [2.24, 2.45) is 5.10 Å². The number of halogens is 5. The van der Waals surface area contributed by atoms with E-state index in [9.17, 15) is 13.2 Å². The van der Waals surface area contributed by atoms with Crippen molar-refractivity contribution < 1.29 is 13.2 Å². The fraction of sp³-hybridized carbons (Fsp3) is 0.214. The van der Waals surface area contributed by atoms with Gasteiger partial charge in [0, 0.05) is 5.71 Å². The van der Waals surface area contributed by atoms with Crippen LogP contribution < -0.4 is 5.43 Å². The molecule has 0 radical (unpaired) electrons. The number of hydrogen-bond acceptors (Lipinski definition) is 4. The second-order valence-corrected chi connectivity index (χ2v) is 5.70. The van der Waals surface area contributed by atoms with Gasteiger partial charge in [-0.15, -0.1) is 0 Å². The summed E-state index contributed by atoms with van der Waals surface area (Å²) in [6.07, 6.45) is -3.36. The molecule has 0 amide bonds. The predicted octanol–water partition coefficient (Wildman–Crippen LogP) is 4.88. The summed E-state index contributed by atoms with van der Waals surface area (Å²) < 4.78 is 39.6. The number of benzene rings is 1. The maximum absolute atomic E-state index is 12.8. The molecule has 1 aromatic carbocycles. The summed E-state index contributed by atoms with van der Waals surface area (Å²) in [4.78, 5) is 0. The van der Waals surface area contributed by atoms with E-state index in [4.69, 9.17) is 28.5 Å². The molecule has 0 aliphatic heterocycles. The highest BCUT2D eigenvalue weighted by atomic mass is 35.5. The van der Waals surface area contributed by atoms with E-state index in [0.29, 0.717) is 5.71 Å². The van der Waals surface area contributed by atoms with Gasteiger partial charge in [0.1, 0.15) is 17.3 Å². The van der Waals surface area contributed by atoms with Crippen molar-refractivity contribution in [1.29, 1.82) is 5.26 Å². The molecule has 2 rings (SSSR count). The zero-order chi connectivity index (χ0) is 18.1. The summed E-state index contributed by atoms with van der Waals surface area (Å²) >= 11 is 11.9. The number of alkyl halides is 3. The van der Waals surface area contributed by atoms with Crippen molar-refractivity contribution in [3.8, 4) is 11.8 Å². The first kappa shape index (κ1) is 18.1. The summed E-state index contributed by atoms with van der Waals surface area (Å²) in [5.74, 6) is 0.141. The molecule has 10 heteroatoms. The number of nitrogens with one attached hydrogen (secondary N) is 1. The molecular formula is C14H10Cl2F3N5. The number of nitrogens with zero attached hydrogens (tertiary/aromatic N) is 4. The summed E-state index contributed by atoms with van der Waals surface area (Å²) in [6.45, 7) is 3.44. The molecule has 0 atom stereocenters. The van der Waals surface area contributed by atoms with Gasteiger partial charge in [-0.05, 0) is 26.0 Å². The van der Waals surface area contributed by atoms with E-state index in [1.165, 1.54) is 6.20 Å². The Morgan fingerprint density at radius 2 is 1.88 bits per heavy atom. The molecule has 2 aromatic rings. The van der Waals surface area contributed by atoms with Gasteiger partial charge in [0.15, 0.2) is 5.82 Å². The van der Waals surface area contributed by atoms with Crippen LogP contribution in [0.15, 0.2) is 23.4 Å². The molecule has 24 heavy (non-hydrogen) atoms. The van der Waals surface area contributed by atoms with Gasteiger partial charge in [0.25, 0.3) is 0 Å². The van der Waals surface area contributed by atoms with Crippen LogP contribution >= 0.6 is 23.2 Å². The van der Waals surface area contributed by atoms with Gasteiger partial charge >= 0.3 is 6.18 Å². The minimum absolute atomic E-state index is 0.0132. The van der Waals surface area contributed by atoms with E-state index < -0.39 is 11.7 Å². The van der Waals surface area contributed by atoms with Crippen LogP contribution in [0.2, 0.25) is 10.0 Å². The fourth-order valence-electron chi connectivity index (χ4n) is 1.80. The first-order valence-corrected chi connectivity index (χ1v) is 7.22. The summed E-state index contributed by atoms with van der Waals surface area (Å²) in [7, 11) is 0. The Hall–Kier alpha value is -2.24. The molecule has 5 nitrogen and oxygen atoms in total. The van der Waals surface area contributed by atoms with Crippen molar-refractivity contribution >= 4 is 34.7 Å². The van der Waals surface area contributed by atoms with Crippen LogP contribution in [0.4, 0.5) is 19.0 Å². The lowest BCUT2D eigenvalue weighted by Gasteiger charge is -2.14. The van der Waals surface area contributed by atoms with Crippen molar-refractivity contribution in [2.75, 3.05) is 5.43 Å². The van der Waals surface area contributed by atoms with Gasteiger partial charge in [-0.1, -0.05) is 23.2 Å². The van der Waals surface area contributed by atoms with Crippen molar-refractivity contribution in [3.63, 3.8) is 0 Å². The molecule has 1 aromatic heterocycles. The average molecular weight is 376 g/mol. The standard InChI is InChI=1S/C14H10Cl2F3N5/c1-7(2)22-23-13-8(5-20)6-21-24(13)12-10(15)3-9(4-11(12)16)14(17,18)19/h3-4,6,23H,1-2H3. The van der Waals surface area contributed by atoms with E-state index in [1.807, 2.05) is 6.07 Å². The van der Waals surface area contributed by atoms with E-state index in [1.54, 1.807) is 13.8 Å². The average Bonchev–Trinajstić information content (AvgIpc) is 2.86. The van der Waals surface area contributed by atoms with Crippen molar-refractivity contribution in [3.05, 3.63) is 39.5 Å². The lowest BCUT2D eigenvalue weighted by Crippen LogP contribution is -2.09. The highest BCUT2D eigenvalue weighted by Gasteiger charge is 2.32. The van der Waals surface area contributed by atoms with E-state index in [2.05, 4.69) is 15.6 Å². The van der Waals surface area contributed by atoms with Gasteiger partial charge in [0.2, 0.25) is 0 Å². The van der Waals surface area contributed by atoms with Gasteiger partial charge in [-0.2, -0.15) is 28.6 Å². The summed E-state index contributed by atoms with van der Waals surface area (Å²) in [5, 5.41) is 16.5. The van der Waals surface area contributed by atoms with Gasteiger partial charge in [0.05, 0.1) is 21.8 Å². The largest absolute Gasteiger partial charge is 0.416 e. The van der Waals surface area contributed by atoms with Crippen LogP contribution in [0.1, 0.15) is 25.0 Å². The molecular weight excluding hydrogens is 366 g/mol. The Balaban J connectivity index is 2.63. The molecule has 126 valence electrons. The normalized spacial score (nSPS) is 11.1. The first-order chi connectivity index (χ1) is 11.1. The second-order valence-electron chi connectivity index (χ2n) is 4.89. The number of hydrazone groups is 1. The van der Waals surface area contributed by atoms with Gasteiger partial charge in [-0.3, -0.25) is 5.43 Å². The number of aromatic nitrogens is 2.